The standard InChI is InChI=1S/C17H26N2O3S/c1-14-9-10-18-12-16(14)19-17(20)13-23(21,22)11-5-8-15-6-3-2-4-7-15/h2-4,6-7,14,16,18H,5,8-13H2,1H3,(H,19,20). The summed E-state index contributed by atoms with van der Waals surface area (Å²) in [5.41, 5.74) is 1.12. The van der Waals surface area contributed by atoms with E-state index in [9.17, 15) is 13.2 Å². The molecule has 1 aromatic carbocycles. The molecule has 2 unspecified atom stereocenters. The van der Waals surface area contributed by atoms with Gasteiger partial charge in [-0.1, -0.05) is 37.3 Å². The second kappa shape index (κ2) is 8.45. The Morgan fingerprint density at radius 3 is 2.74 bits per heavy atom. The minimum absolute atomic E-state index is 0.0239. The number of amides is 1. The average Bonchev–Trinajstić information content (AvgIpc) is 2.50. The highest BCUT2D eigenvalue weighted by Crippen LogP contribution is 2.11. The third-order valence-electron chi connectivity index (χ3n) is 4.29. The van der Waals surface area contributed by atoms with Crippen molar-refractivity contribution in [3.63, 3.8) is 0 Å². The number of benzene rings is 1. The SMILES string of the molecule is CC1CCNCC1NC(=O)CS(=O)(=O)CCCc1ccccc1. The van der Waals surface area contributed by atoms with Gasteiger partial charge in [-0.15, -0.1) is 0 Å². The molecule has 0 spiro atoms. The van der Waals surface area contributed by atoms with Gasteiger partial charge in [0.1, 0.15) is 5.75 Å². The van der Waals surface area contributed by atoms with Crippen LogP contribution in [0, 0.1) is 5.92 Å². The lowest BCUT2D eigenvalue weighted by atomic mass is 9.95. The Labute approximate surface area is 138 Å². The summed E-state index contributed by atoms with van der Waals surface area (Å²) in [5, 5.41) is 6.07. The van der Waals surface area contributed by atoms with E-state index in [2.05, 4.69) is 17.6 Å². The molecule has 5 nitrogen and oxygen atoms in total. The Morgan fingerprint density at radius 1 is 1.30 bits per heavy atom. The first kappa shape index (κ1) is 17.9. The molecule has 2 atom stereocenters. The van der Waals surface area contributed by atoms with Crippen LogP contribution in [0.1, 0.15) is 25.3 Å². The molecule has 0 bridgehead atoms. The molecule has 1 aliphatic rings. The number of rotatable bonds is 7. The lowest BCUT2D eigenvalue weighted by Crippen LogP contribution is -2.51. The highest BCUT2D eigenvalue weighted by Gasteiger charge is 2.24. The molecule has 0 saturated carbocycles. The molecule has 6 heteroatoms. The molecule has 128 valence electrons. The Hall–Kier alpha value is -1.40. The van der Waals surface area contributed by atoms with Crippen molar-refractivity contribution >= 4 is 15.7 Å². The number of aryl methyl sites for hydroxylation is 1. The van der Waals surface area contributed by atoms with Crippen LogP contribution < -0.4 is 10.6 Å². The zero-order chi connectivity index (χ0) is 16.7. The van der Waals surface area contributed by atoms with Crippen LogP contribution in [-0.4, -0.2) is 45.0 Å². The van der Waals surface area contributed by atoms with E-state index >= 15 is 0 Å². The van der Waals surface area contributed by atoms with Crippen LogP contribution in [0.2, 0.25) is 0 Å². The molecule has 2 rings (SSSR count). The van der Waals surface area contributed by atoms with Crippen molar-refractivity contribution < 1.29 is 13.2 Å². The molecule has 1 aliphatic heterocycles. The van der Waals surface area contributed by atoms with Crippen LogP contribution in [-0.2, 0) is 21.1 Å². The van der Waals surface area contributed by atoms with Crippen LogP contribution >= 0.6 is 0 Å². The zero-order valence-electron chi connectivity index (χ0n) is 13.6. The highest BCUT2D eigenvalue weighted by molar-refractivity contribution is 7.92. The van der Waals surface area contributed by atoms with Gasteiger partial charge in [0.05, 0.1) is 5.75 Å². The van der Waals surface area contributed by atoms with Crippen molar-refractivity contribution in [3.05, 3.63) is 35.9 Å². The summed E-state index contributed by atoms with van der Waals surface area (Å²) in [6.07, 6.45) is 2.25. The highest BCUT2D eigenvalue weighted by atomic mass is 32.2. The van der Waals surface area contributed by atoms with Crippen molar-refractivity contribution in [2.45, 2.75) is 32.2 Å². The molecular formula is C17H26N2O3S. The predicted octanol–water partition coefficient (Wildman–Crippen LogP) is 1.15. The summed E-state index contributed by atoms with van der Waals surface area (Å²) >= 11 is 0. The van der Waals surface area contributed by atoms with E-state index in [0.29, 0.717) is 25.3 Å². The second-order valence-electron chi connectivity index (χ2n) is 6.33. The van der Waals surface area contributed by atoms with Crippen LogP contribution in [0.4, 0.5) is 0 Å². The molecule has 0 aromatic heterocycles. The van der Waals surface area contributed by atoms with Crippen LogP contribution in [0.5, 0.6) is 0 Å². The Balaban J connectivity index is 1.75. The topological polar surface area (TPSA) is 75.3 Å². The van der Waals surface area contributed by atoms with E-state index in [1.165, 1.54) is 0 Å². The number of piperidine rings is 1. The van der Waals surface area contributed by atoms with Crippen LogP contribution in [0.25, 0.3) is 0 Å². The fourth-order valence-corrected chi connectivity index (χ4v) is 4.06. The van der Waals surface area contributed by atoms with Crippen molar-refractivity contribution in [2.75, 3.05) is 24.6 Å². The fraction of sp³-hybridized carbons (Fsp3) is 0.588. The molecule has 1 aromatic rings. The smallest absolute Gasteiger partial charge is 0.235 e. The van der Waals surface area contributed by atoms with Gasteiger partial charge in [-0.05, 0) is 37.3 Å². The molecule has 23 heavy (non-hydrogen) atoms. The molecule has 0 aliphatic carbocycles. The largest absolute Gasteiger partial charge is 0.351 e. The predicted molar refractivity (Wildman–Crippen MR) is 92.0 cm³/mol. The van der Waals surface area contributed by atoms with Gasteiger partial charge < -0.3 is 10.6 Å². The van der Waals surface area contributed by atoms with Gasteiger partial charge in [-0.2, -0.15) is 0 Å². The molecular weight excluding hydrogens is 312 g/mol. The van der Waals surface area contributed by atoms with Gasteiger partial charge >= 0.3 is 0 Å². The number of hydrogen-bond donors (Lipinski definition) is 2. The summed E-state index contributed by atoms with van der Waals surface area (Å²) in [5.74, 6) is -0.370. The van der Waals surface area contributed by atoms with E-state index in [1.54, 1.807) is 0 Å². The first-order valence-corrected chi connectivity index (χ1v) is 10.0. The van der Waals surface area contributed by atoms with Crippen LogP contribution in [0.15, 0.2) is 30.3 Å². The number of hydrogen-bond acceptors (Lipinski definition) is 4. The van der Waals surface area contributed by atoms with Crippen molar-refractivity contribution in [3.8, 4) is 0 Å². The monoisotopic (exact) mass is 338 g/mol. The maximum Gasteiger partial charge on any atom is 0.235 e. The molecule has 1 saturated heterocycles. The van der Waals surface area contributed by atoms with Gasteiger partial charge in [0.15, 0.2) is 9.84 Å². The summed E-state index contributed by atoms with van der Waals surface area (Å²) in [7, 11) is -3.35. The van der Waals surface area contributed by atoms with E-state index in [0.717, 1.165) is 18.5 Å². The average molecular weight is 338 g/mol. The van der Waals surface area contributed by atoms with E-state index in [-0.39, 0.29) is 17.7 Å². The maximum absolute atomic E-state index is 12.1. The molecule has 0 radical (unpaired) electrons. The number of sulfone groups is 1. The van der Waals surface area contributed by atoms with Crippen molar-refractivity contribution in [2.24, 2.45) is 5.92 Å². The Morgan fingerprint density at radius 2 is 2.04 bits per heavy atom. The lowest BCUT2D eigenvalue weighted by molar-refractivity contribution is -0.119. The summed E-state index contributed by atoms with van der Waals surface area (Å²) in [6.45, 7) is 3.74. The molecule has 2 N–H and O–H groups in total. The minimum atomic E-state index is -3.35. The molecule has 1 fully saturated rings. The normalized spacial score (nSPS) is 21.8. The van der Waals surface area contributed by atoms with E-state index in [4.69, 9.17) is 0 Å². The third-order valence-corrected chi connectivity index (χ3v) is 5.90. The Kier molecular flexibility index (Phi) is 6.59. The second-order valence-corrected chi connectivity index (χ2v) is 8.51. The van der Waals surface area contributed by atoms with E-state index in [1.807, 2.05) is 30.3 Å². The van der Waals surface area contributed by atoms with Gasteiger partial charge in [-0.3, -0.25) is 4.79 Å². The molecule has 1 heterocycles. The molecule has 1 amide bonds. The van der Waals surface area contributed by atoms with Gasteiger partial charge in [0.2, 0.25) is 5.91 Å². The Bertz CT molecular complexity index is 602. The van der Waals surface area contributed by atoms with Gasteiger partial charge in [0.25, 0.3) is 0 Å². The minimum Gasteiger partial charge on any atom is -0.351 e. The van der Waals surface area contributed by atoms with E-state index < -0.39 is 15.6 Å². The number of carbonyl (C=O) groups excluding carboxylic acids is 1. The third kappa shape index (κ3) is 6.31. The zero-order valence-corrected chi connectivity index (χ0v) is 14.4. The van der Waals surface area contributed by atoms with Crippen molar-refractivity contribution in [1.29, 1.82) is 0 Å². The summed E-state index contributed by atoms with van der Waals surface area (Å²) in [4.78, 5) is 12.0. The first-order valence-electron chi connectivity index (χ1n) is 8.21. The van der Waals surface area contributed by atoms with Gasteiger partial charge in [-0.25, -0.2) is 8.42 Å². The van der Waals surface area contributed by atoms with Crippen LogP contribution in [0.3, 0.4) is 0 Å². The summed E-state index contributed by atoms with van der Waals surface area (Å²) < 4.78 is 24.2. The first-order chi connectivity index (χ1) is 11.0. The lowest BCUT2D eigenvalue weighted by Gasteiger charge is -2.30. The quantitative estimate of drug-likeness (QED) is 0.782. The summed E-state index contributed by atoms with van der Waals surface area (Å²) in [6, 6.07) is 9.81. The van der Waals surface area contributed by atoms with Crippen molar-refractivity contribution in [1.82, 2.24) is 10.6 Å². The fourth-order valence-electron chi connectivity index (χ4n) is 2.84. The number of nitrogens with one attached hydrogen (secondary N) is 2. The maximum atomic E-state index is 12.1. The van der Waals surface area contributed by atoms with Gasteiger partial charge in [0, 0.05) is 12.6 Å². The number of carbonyl (C=O) groups is 1.